The van der Waals surface area contributed by atoms with Crippen LogP contribution in [0.25, 0.3) is 16.0 Å². The molecule has 6 atom stereocenters. The number of thioether (sulfide) groups is 1. The van der Waals surface area contributed by atoms with Crippen molar-refractivity contribution in [2.24, 2.45) is 10.8 Å². The van der Waals surface area contributed by atoms with Gasteiger partial charge in [-0.15, -0.1) is 23.1 Å². The van der Waals surface area contributed by atoms with Gasteiger partial charge < -0.3 is 50.3 Å². The maximum atomic E-state index is 14.7. The van der Waals surface area contributed by atoms with Gasteiger partial charge in [-0.05, 0) is 139 Å². The molecule has 6 aliphatic rings. The number of nitrogens with one attached hydrogen (secondary N) is 4. The quantitative estimate of drug-likeness (QED) is 0.0206. The second-order valence-corrected chi connectivity index (χ2v) is 36.7. The Kier molecular flexibility index (Phi) is 25.2. The molecule has 23 nitrogen and oxygen atoms in total. The van der Waals surface area contributed by atoms with E-state index in [2.05, 4.69) is 61.6 Å². The number of thiazole rings is 1. The molecule has 6 N–H and O–H groups in total. The Morgan fingerprint density at radius 1 is 0.835 bits per heavy atom. The maximum Gasteiger partial charge on any atom is 0.501 e. The zero-order valence-corrected chi connectivity index (χ0v) is 65.6. The summed E-state index contributed by atoms with van der Waals surface area (Å²) in [6.07, 6.45) is 3.17. The Morgan fingerprint density at radius 2 is 1.58 bits per heavy atom. The lowest BCUT2D eigenvalue weighted by Crippen LogP contribution is -2.58. The molecule has 5 amide bonds. The molecule has 3 fully saturated rings. The Bertz CT molecular complexity index is 4600. The number of carbonyl (C=O) groups is 5. The number of amides is 5. The number of benzene rings is 5. The van der Waals surface area contributed by atoms with Crippen LogP contribution < -0.4 is 35.0 Å². The number of aliphatic hydroxyl groups is 2. The van der Waals surface area contributed by atoms with E-state index in [-0.39, 0.29) is 73.4 Å². The number of allylic oxidation sites excluding steroid dienone is 1. The van der Waals surface area contributed by atoms with E-state index in [1.165, 1.54) is 56.8 Å². The molecule has 5 aliphatic heterocycles. The average Bonchev–Trinajstić information content (AvgIpc) is 1.53. The first-order valence-corrected chi connectivity index (χ1v) is 42.1. The van der Waals surface area contributed by atoms with Crippen molar-refractivity contribution in [3.05, 3.63) is 148 Å². The largest absolute Gasteiger partial charge is 0.501 e. The van der Waals surface area contributed by atoms with Gasteiger partial charge in [0.25, 0.3) is 25.8 Å². The van der Waals surface area contributed by atoms with Crippen molar-refractivity contribution in [3.63, 3.8) is 0 Å². The second-order valence-electron chi connectivity index (χ2n) is 30.8. The molecule has 0 unspecified atom stereocenters. The standard InChI is InChI=1S/C78H94ClF3N10O13S4/c1-76(2,3)72(75(99)92-43-56(94)38-68(92)85-74(98)61(44-93)50-18-23-60-65(36-50)105-46-63-71(60)107-48-83-63)86-69(95)14-10-7-11-15-70(96)90-33-30-88(31-34-90)29-27-54(47-106-57-12-8-6-9-13-57)84-62-24-22-58(39-67(62)108(100,101)78(80,81)82)109(102,103)87-73(97)51-19-25-64-66(37-51)104-45-55-42-89(32-35-91(55)64)41-52-40-77(4,5)28-26-59(52)49-16-20-53(79)21-17-49/h6,8-9,12-13,16-25,36-37,39,48,54-56,61,68,72,84,93-94H,7,10-11,14-15,26-35,38,40-47H2,1-5H3,(H,85,98)(H,86,95)(H,87,97)/t54-,55+,56-,61+,68+,72-/m1/s1. The molecule has 0 radical (unpaired) electrons. The fraction of sp³-hybridized carbons (Fsp3) is 0.487. The zero-order valence-electron chi connectivity index (χ0n) is 61.6. The highest BCUT2D eigenvalue weighted by Crippen LogP contribution is 2.46. The molecule has 0 bridgehead atoms. The molecule has 586 valence electrons. The van der Waals surface area contributed by atoms with Crippen LogP contribution in [0.4, 0.5) is 24.5 Å². The lowest BCUT2D eigenvalue weighted by Gasteiger charge is -2.46. The monoisotopic (exact) mass is 1600 g/mol. The fourth-order valence-electron chi connectivity index (χ4n) is 15.2. The first-order chi connectivity index (χ1) is 51.8. The molecular weight excluding hydrogens is 1510 g/mol. The summed E-state index contributed by atoms with van der Waals surface area (Å²) in [5.41, 5.74) is 1.47. The van der Waals surface area contributed by atoms with E-state index < -0.39 is 101 Å². The fourth-order valence-corrected chi connectivity index (χ4v) is 19.1. The molecule has 1 aromatic heterocycles. The third kappa shape index (κ3) is 19.4. The van der Waals surface area contributed by atoms with Gasteiger partial charge in [-0.3, -0.25) is 33.8 Å². The third-order valence-electron chi connectivity index (χ3n) is 21.2. The number of unbranched alkanes of at least 4 members (excludes halogenated alkanes) is 2. The number of alkyl halides is 3. The Labute approximate surface area is 647 Å². The van der Waals surface area contributed by atoms with Crippen molar-refractivity contribution in [3.8, 4) is 21.9 Å². The molecule has 3 saturated heterocycles. The number of hydrogen-bond acceptors (Lipinski definition) is 20. The van der Waals surface area contributed by atoms with Crippen LogP contribution in [0.15, 0.2) is 135 Å². The highest BCUT2D eigenvalue weighted by Gasteiger charge is 2.49. The predicted molar refractivity (Wildman–Crippen MR) is 413 cm³/mol. The van der Waals surface area contributed by atoms with Crippen LogP contribution in [0.5, 0.6) is 11.5 Å². The van der Waals surface area contributed by atoms with Crippen LogP contribution in [-0.2, 0) is 45.6 Å². The van der Waals surface area contributed by atoms with Crippen LogP contribution in [0, 0.1) is 10.8 Å². The number of halogens is 4. The number of fused-ring (bicyclic) bond motifs is 6. The van der Waals surface area contributed by atoms with Gasteiger partial charge in [-0.25, -0.2) is 26.5 Å². The van der Waals surface area contributed by atoms with Crippen molar-refractivity contribution >= 4 is 101 Å². The second kappa shape index (κ2) is 34.0. The molecule has 109 heavy (non-hydrogen) atoms. The average molecular weight is 1600 g/mol. The Hall–Kier alpha value is -7.81. The third-order valence-corrected chi connectivity index (χ3v) is 26.4. The number of ether oxygens (including phenoxy) is 2. The zero-order chi connectivity index (χ0) is 77.7. The van der Waals surface area contributed by atoms with E-state index in [1.807, 2.05) is 53.3 Å². The number of likely N-dealkylation sites (tertiary alicyclic amines) is 1. The summed E-state index contributed by atoms with van der Waals surface area (Å²) in [5, 5.41) is 30.7. The number of anilines is 2. The van der Waals surface area contributed by atoms with Gasteiger partial charge in [-0.1, -0.05) is 94.6 Å². The highest BCUT2D eigenvalue weighted by atomic mass is 35.5. The van der Waals surface area contributed by atoms with Crippen LogP contribution in [0.1, 0.15) is 132 Å². The number of nitrogens with zero attached hydrogens (tertiary/aromatic N) is 6. The van der Waals surface area contributed by atoms with Crippen LogP contribution >= 0.6 is 34.7 Å². The van der Waals surface area contributed by atoms with Crippen molar-refractivity contribution in [2.45, 2.75) is 162 Å². The van der Waals surface area contributed by atoms with Crippen molar-refractivity contribution < 1.29 is 73.7 Å². The number of carbonyl (C=O) groups excluding carboxylic acids is 5. The Morgan fingerprint density at radius 3 is 2.31 bits per heavy atom. The normalized spacial score (nSPS) is 19.8. The summed E-state index contributed by atoms with van der Waals surface area (Å²) in [6, 6.07) is 27.6. The maximum absolute atomic E-state index is 14.7. The number of sulfonamides is 1. The summed E-state index contributed by atoms with van der Waals surface area (Å²) in [6.45, 7) is 14.9. The summed E-state index contributed by atoms with van der Waals surface area (Å²) in [5.74, 6) is -2.49. The first-order valence-electron chi connectivity index (χ1n) is 36.9. The van der Waals surface area contributed by atoms with E-state index in [0.29, 0.717) is 99.8 Å². The molecule has 0 spiro atoms. The number of rotatable bonds is 27. The van der Waals surface area contributed by atoms with E-state index in [0.717, 1.165) is 71.2 Å². The van der Waals surface area contributed by atoms with Crippen molar-refractivity contribution in [1.29, 1.82) is 0 Å². The number of hydrogen-bond donors (Lipinski definition) is 6. The van der Waals surface area contributed by atoms with Gasteiger partial charge >= 0.3 is 5.51 Å². The van der Waals surface area contributed by atoms with Crippen molar-refractivity contribution in [1.82, 2.24) is 39.9 Å². The van der Waals surface area contributed by atoms with Gasteiger partial charge in [0.1, 0.15) is 41.8 Å². The molecule has 12 rings (SSSR count). The lowest BCUT2D eigenvalue weighted by molar-refractivity contribution is -0.142. The first kappa shape index (κ1) is 80.7. The van der Waals surface area contributed by atoms with Gasteiger partial charge in [0.15, 0.2) is 0 Å². The van der Waals surface area contributed by atoms with Crippen molar-refractivity contribution in [2.75, 3.05) is 94.6 Å². The minimum Gasteiger partial charge on any atom is -0.489 e. The number of aromatic nitrogens is 1. The summed E-state index contributed by atoms with van der Waals surface area (Å²) < 4.78 is 113. The molecule has 6 aromatic rings. The molecule has 6 heterocycles. The lowest BCUT2D eigenvalue weighted by atomic mass is 9.72. The summed E-state index contributed by atoms with van der Waals surface area (Å²) in [7, 11) is -11.2. The topological polar surface area (TPSA) is 290 Å². The molecule has 1 aliphatic carbocycles. The number of aliphatic hydroxyl groups excluding tert-OH is 2. The van der Waals surface area contributed by atoms with E-state index in [9.17, 15) is 64.2 Å². The number of sulfone groups is 1. The van der Waals surface area contributed by atoms with Crippen LogP contribution in [-0.4, -0.2) is 201 Å². The molecule has 0 saturated carbocycles. The molecule has 31 heteroatoms. The smallest absolute Gasteiger partial charge is 0.489 e. The van der Waals surface area contributed by atoms with Gasteiger partial charge in [0.2, 0.25) is 23.6 Å². The Balaban J connectivity index is 0.615. The van der Waals surface area contributed by atoms with Gasteiger partial charge in [-0.2, -0.15) is 13.2 Å². The molecule has 5 aromatic carbocycles. The van der Waals surface area contributed by atoms with E-state index in [1.54, 1.807) is 49.4 Å². The predicted octanol–water partition coefficient (Wildman–Crippen LogP) is 10.7. The van der Waals surface area contributed by atoms with E-state index >= 15 is 0 Å². The summed E-state index contributed by atoms with van der Waals surface area (Å²) in [4.78, 5) is 82.9. The van der Waals surface area contributed by atoms with E-state index in [4.69, 9.17) is 21.1 Å². The van der Waals surface area contributed by atoms with Gasteiger partial charge in [0.05, 0.1) is 57.0 Å². The van der Waals surface area contributed by atoms with Crippen LogP contribution in [0.2, 0.25) is 5.02 Å². The minimum atomic E-state index is -6.21. The van der Waals surface area contributed by atoms with Gasteiger partial charge in [0, 0.05) is 118 Å². The SMILES string of the molecule is CC1(C)CCC(c2ccc(Cl)cc2)=C(CN2CCN3c4ccc(C(=O)NS(=O)(=O)c5ccc(N[C@H](CCN6CCN(C(=O)CCCCCC(=O)N[C@H](C(=O)N7C[C@H](O)C[C@H]7NC(=O)[C@@H](CO)c7ccc8c(c7)OCc7ncsc7-8)C(C)(C)C)CC6)CSc6ccccc6)c(S(=O)(=O)C(F)(F)F)c5)cc4OC[C@@H]3C2)C1. The highest BCUT2D eigenvalue weighted by molar-refractivity contribution is 7.99. The summed E-state index contributed by atoms with van der Waals surface area (Å²) >= 11 is 9.11. The minimum absolute atomic E-state index is 0.0172. The van der Waals surface area contributed by atoms with Crippen LogP contribution in [0.3, 0.4) is 0 Å². The number of piperazine rings is 2. The number of β-amino-alcohol motifs (C(OH)–C–C–N with tert-alkyl or cyclic N) is 1. The molecular formula is C78H94ClF3N10O13S4.